The fourth-order valence-electron chi connectivity index (χ4n) is 2.37. The van der Waals surface area contributed by atoms with Crippen LogP contribution in [0, 0.1) is 0 Å². The molecule has 1 aliphatic rings. The summed E-state index contributed by atoms with van der Waals surface area (Å²) in [5, 5.41) is 9.13. The smallest absolute Gasteiger partial charge is 0.416 e. The van der Waals surface area contributed by atoms with Gasteiger partial charge in [0.2, 0.25) is 0 Å². The highest BCUT2D eigenvalue weighted by atomic mass is 19.4. The zero-order valence-electron chi connectivity index (χ0n) is 9.14. The standard InChI is InChI=1S/C12H11F3O2/c1-11(10(16)17)6-5-7-8(11)3-2-4-9(7)12(13,14)15/h2-4H,5-6H2,1H3,(H,16,17). The van der Waals surface area contributed by atoms with Crippen LogP contribution < -0.4 is 0 Å². The number of carbonyl (C=O) groups is 1. The van der Waals surface area contributed by atoms with E-state index in [0.717, 1.165) is 6.07 Å². The van der Waals surface area contributed by atoms with Gasteiger partial charge in [-0.3, -0.25) is 4.79 Å². The van der Waals surface area contributed by atoms with Gasteiger partial charge in [0.1, 0.15) is 0 Å². The van der Waals surface area contributed by atoms with Crippen LogP contribution in [0.4, 0.5) is 13.2 Å². The van der Waals surface area contributed by atoms with Crippen LogP contribution in [0.5, 0.6) is 0 Å². The van der Waals surface area contributed by atoms with Crippen molar-refractivity contribution in [1.29, 1.82) is 0 Å². The number of benzene rings is 1. The molecule has 92 valence electrons. The van der Waals surface area contributed by atoms with E-state index >= 15 is 0 Å². The molecule has 0 radical (unpaired) electrons. The van der Waals surface area contributed by atoms with Gasteiger partial charge in [0.05, 0.1) is 11.0 Å². The number of alkyl halides is 3. The van der Waals surface area contributed by atoms with Crippen LogP contribution in [0.25, 0.3) is 0 Å². The molecule has 1 aliphatic carbocycles. The first-order valence-electron chi connectivity index (χ1n) is 5.20. The van der Waals surface area contributed by atoms with Gasteiger partial charge in [-0.1, -0.05) is 12.1 Å². The monoisotopic (exact) mass is 244 g/mol. The van der Waals surface area contributed by atoms with Crippen molar-refractivity contribution in [1.82, 2.24) is 0 Å². The van der Waals surface area contributed by atoms with E-state index in [1.165, 1.54) is 19.1 Å². The lowest BCUT2D eigenvalue weighted by Gasteiger charge is -2.20. The third kappa shape index (κ3) is 1.69. The van der Waals surface area contributed by atoms with Crippen LogP contribution in [0.1, 0.15) is 30.0 Å². The third-order valence-corrected chi connectivity index (χ3v) is 3.42. The molecule has 1 unspecified atom stereocenters. The van der Waals surface area contributed by atoms with Gasteiger partial charge in [0, 0.05) is 0 Å². The van der Waals surface area contributed by atoms with Crippen LogP contribution in [-0.4, -0.2) is 11.1 Å². The second-order valence-corrected chi connectivity index (χ2v) is 4.47. The van der Waals surface area contributed by atoms with Gasteiger partial charge in [-0.05, 0) is 37.0 Å². The van der Waals surface area contributed by atoms with Crippen molar-refractivity contribution in [3.05, 3.63) is 34.9 Å². The molecule has 5 heteroatoms. The van der Waals surface area contributed by atoms with Crippen molar-refractivity contribution in [2.24, 2.45) is 0 Å². The second-order valence-electron chi connectivity index (χ2n) is 4.47. The lowest BCUT2D eigenvalue weighted by Crippen LogP contribution is -2.29. The summed E-state index contributed by atoms with van der Waals surface area (Å²) in [6.45, 7) is 1.47. The summed E-state index contributed by atoms with van der Waals surface area (Å²) in [6, 6.07) is 3.76. The maximum Gasteiger partial charge on any atom is 0.416 e. The Labute approximate surface area is 96.1 Å². The van der Waals surface area contributed by atoms with Crippen LogP contribution in [-0.2, 0) is 22.8 Å². The van der Waals surface area contributed by atoms with Crippen molar-refractivity contribution in [3.63, 3.8) is 0 Å². The first kappa shape index (κ1) is 12.0. The molecule has 0 fully saturated rings. The minimum absolute atomic E-state index is 0.130. The molecule has 0 saturated heterocycles. The number of carboxylic acids is 1. The van der Waals surface area contributed by atoms with Gasteiger partial charge >= 0.3 is 12.1 Å². The molecule has 2 rings (SSSR count). The van der Waals surface area contributed by atoms with Crippen molar-refractivity contribution in [3.8, 4) is 0 Å². The average molecular weight is 244 g/mol. The Morgan fingerprint density at radius 3 is 2.59 bits per heavy atom. The van der Waals surface area contributed by atoms with Crippen LogP contribution in [0.2, 0.25) is 0 Å². The van der Waals surface area contributed by atoms with Crippen molar-refractivity contribution >= 4 is 5.97 Å². The molecule has 0 amide bonds. The Bertz CT molecular complexity index is 479. The van der Waals surface area contributed by atoms with Gasteiger partial charge in [-0.15, -0.1) is 0 Å². The molecule has 0 bridgehead atoms. The summed E-state index contributed by atoms with van der Waals surface area (Å²) in [6.07, 6.45) is -4.05. The fourth-order valence-corrected chi connectivity index (χ4v) is 2.37. The molecule has 0 saturated carbocycles. The normalized spacial score (nSPS) is 23.5. The number of hydrogen-bond donors (Lipinski definition) is 1. The molecule has 1 aromatic rings. The molecule has 17 heavy (non-hydrogen) atoms. The third-order valence-electron chi connectivity index (χ3n) is 3.42. The van der Waals surface area contributed by atoms with Crippen molar-refractivity contribution < 1.29 is 23.1 Å². The van der Waals surface area contributed by atoms with Crippen LogP contribution in [0.15, 0.2) is 18.2 Å². The Morgan fingerprint density at radius 2 is 2.06 bits per heavy atom. The molecule has 0 aliphatic heterocycles. The van der Waals surface area contributed by atoms with E-state index in [2.05, 4.69) is 0 Å². The molecular formula is C12H11F3O2. The first-order chi connectivity index (χ1) is 7.77. The van der Waals surface area contributed by atoms with E-state index in [4.69, 9.17) is 5.11 Å². The lowest BCUT2D eigenvalue weighted by atomic mass is 9.84. The van der Waals surface area contributed by atoms with E-state index in [0.29, 0.717) is 5.56 Å². The summed E-state index contributed by atoms with van der Waals surface area (Å²) >= 11 is 0. The molecule has 0 heterocycles. The van der Waals surface area contributed by atoms with E-state index in [1.54, 1.807) is 0 Å². The number of aliphatic carboxylic acids is 1. The van der Waals surface area contributed by atoms with Gasteiger partial charge in [0.25, 0.3) is 0 Å². The van der Waals surface area contributed by atoms with E-state index in [9.17, 15) is 18.0 Å². The molecule has 1 atom stereocenters. The van der Waals surface area contributed by atoms with E-state index < -0.39 is 23.1 Å². The van der Waals surface area contributed by atoms with Gasteiger partial charge in [-0.2, -0.15) is 13.2 Å². The Hall–Kier alpha value is -1.52. The molecule has 2 nitrogen and oxygen atoms in total. The minimum Gasteiger partial charge on any atom is -0.481 e. The highest BCUT2D eigenvalue weighted by Crippen LogP contribution is 2.44. The topological polar surface area (TPSA) is 37.3 Å². The fraction of sp³-hybridized carbons (Fsp3) is 0.417. The zero-order chi connectivity index (χ0) is 12.8. The number of carboxylic acid groups (broad SMARTS) is 1. The van der Waals surface area contributed by atoms with E-state index in [1.807, 2.05) is 0 Å². The average Bonchev–Trinajstić information content (AvgIpc) is 2.57. The Balaban J connectivity index is 2.62. The Morgan fingerprint density at radius 1 is 1.41 bits per heavy atom. The highest BCUT2D eigenvalue weighted by molar-refractivity contribution is 5.83. The highest BCUT2D eigenvalue weighted by Gasteiger charge is 2.45. The SMILES string of the molecule is CC1(C(=O)O)CCc2c(C(F)(F)F)cccc21. The van der Waals surface area contributed by atoms with Gasteiger partial charge in [0.15, 0.2) is 0 Å². The lowest BCUT2D eigenvalue weighted by molar-refractivity contribution is -0.143. The van der Waals surface area contributed by atoms with Crippen molar-refractivity contribution in [2.75, 3.05) is 0 Å². The number of hydrogen-bond acceptors (Lipinski definition) is 1. The number of halogens is 3. The maximum atomic E-state index is 12.7. The summed E-state index contributed by atoms with van der Waals surface area (Å²) in [4.78, 5) is 11.2. The van der Waals surface area contributed by atoms with Gasteiger partial charge in [-0.25, -0.2) is 0 Å². The summed E-state index contributed by atoms with van der Waals surface area (Å²) in [5.74, 6) is -1.07. The van der Waals surface area contributed by atoms with Crippen molar-refractivity contribution in [2.45, 2.75) is 31.4 Å². The zero-order valence-corrected chi connectivity index (χ0v) is 9.14. The second kappa shape index (κ2) is 3.48. The summed E-state index contributed by atoms with van der Waals surface area (Å²) < 4.78 is 38.2. The maximum absolute atomic E-state index is 12.7. The predicted molar refractivity (Wildman–Crippen MR) is 54.8 cm³/mol. The van der Waals surface area contributed by atoms with Crippen LogP contribution >= 0.6 is 0 Å². The largest absolute Gasteiger partial charge is 0.481 e. The molecule has 0 aromatic heterocycles. The first-order valence-corrected chi connectivity index (χ1v) is 5.20. The molecule has 1 N–H and O–H groups in total. The quantitative estimate of drug-likeness (QED) is 0.824. The molecular weight excluding hydrogens is 233 g/mol. The predicted octanol–water partition coefficient (Wildman–Crippen LogP) is 2.99. The summed E-state index contributed by atoms with van der Waals surface area (Å²) in [5.41, 5.74) is -1.49. The van der Waals surface area contributed by atoms with Gasteiger partial charge < -0.3 is 5.11 Å². The number of rotatable bonds is 1. The van der Waals surface area contributed by atoms with Crippen LogP contribution in [0.3, 0.4) is 0 Å². The molecule has 1 aromatic carbocycles. The Kier molecular flexibility index (Phi) is 2.45. The minimum atomic E-state index is -4.42. The molecule has 0 spiro atoms. The summed E-state index contributed by atoms with van der Waals surface area (Å²) in [7, 11) is 0. The van der Waals surface area contributed by atoms with E-state index in [-0.39, 0.29) is 18.4 Å². The number of fused-ring (bicyclic) bond motifs is 1.